The number of hydrogen-bond donors (Lipinski definition) is 2. The summed E-state index contributed by atoms with van der Waals surface area (Å²) in [6.45, 7) is 0.829. The van der Waals surface area contributed by atoms with Crippen LogP contribution in [0.25, 0.3) is 0 Å². The third-order valence-electron chi connectivity index (χ3n) is 3.29. The highest BCUT2D eigenvalue weighted by molar-refractivity contribution is 6.13. The molecule has 2 N–H and O–H groups in total. The fraction of sp³-hybridized carbons (Fsp3) is 0.889. The maximum Gasteiger partial charge on any atom is 0.149 e. The van der Waals surface area contributed by atoms with E-state index in [0.29, 0.717) is 0 Å². The molecule has 84 valence electrons. The van der Waals surface area contributed by atoms with Crippen molar-refractivity contribution in [3.63, 3.8) is 0 Å². The lowest BCUT2D eigenvalue weighted by atomic mass is 9.72. The van der Waals surface area contributed by atoms with Crippen molar-refractivity contribution in [2.45, 2.75) is 38.5 Å². The number of H-pyrrole nitrogens is 1. The molecule has 1 aromatic heterocycles. The van der Waals surface area contributed by atoms with Gasteiger partial charge in [0.15, 0.2) is 0 Å². The van der Waals surface area contributed by atoms with E-state index >= 15 is 0 Å². The largest absolute Gasteiger partial charge is 0.243 e. The van der Waals surface area contributed by atoms with Gasteiger partial charge in [0, 0.05) is 13.0 Å². The van der Waals surface area contributed by atoms with Crippen LogP contribution in [-0.2, 0) is 6.42 Å². The van der Waals surface area contributed by atoms with Gasteiger partial charge in [0.2, 0.25) is 0 Å². The Kier molecular flexibility index (Phi) is 3.53. The molecule has 0 atom stereocenters. The normalized spacial score (nSPS) is 20.3. The second-order valence-electron chi connectivity index (χ2n) is 4.40. The van der Waals surface area contributed by atoms with E-state index in [1.54, 1.807) is 0 Å². The van der Waals surface area contributed by atoms with Gasteiger partial charge in [-0.25, -0.2) is 9.93 Å². The summed E-state index contributed by atoms with van der Waals surface area (Å²) < 4.78 is 0. The number of nitrogens with one attached hydrogen (secondary N) is 2. The van der Waals surface area contributed by atoms with Crippen LogP contribution in [0.1, 0.15) is 37.9 Å². The molecule has 1 fully saturated rings. The molecule has 0 unspecified atom stereocenters. The quantitative estimate of drug-likeness (QED) is 0.767. The van der Waals surface area contributed by atoms with Crippen LogP contribution in [-0.4, -0.2) is 27.2 Å². The van der Waals surface area contributed by atoms with E-state index in [2.05, 4.69) is 25.5 Å². The Bertz CT molecular complexity index is 275. The van der Waals surface area contributed by atoms with Gasteiger partial charge in [-0.05, 0) is 40.5 Å². The molecule has 0 bridgehead atoms. The predicted molar refractivity (Wildman–Crippen MR) is 57.3 cm³/mol. The molecule has 6 heteroatoms. The molecule has 0 saturated heterocycles. The molecule has 0 spiro atoms. The summed E-state index contributed by atoms with van der Waals surface area (Å²) in [6, 6.07) is 0. The molecule has 1 aliphatic carbocycles. The third kappa shape index (κ3) is 2.66. The van der Waals surface area contributed by atoms with Gasteiger partial charge in [0.1, 0.15) is 5.82 Å². The number of aromatic nitrogens is 4. The van der Waals surface area contributed by atoms with Crippen LogP contribution in [0.2, 0.25) is 0 Å². The van der Waals surface area contributed by atoms with Crippen LogP contribution >= 0.6 is 11.8 Å². The Hall–Kier alpha value is -0.680. The molecular formula is C9H16ClN5. The van der Waals surface area contributed by atoms with Crippen molar-refractivity contribution in [1.29, 1.82) is 0 Å². The second kappa shape index (κ2) is 4.90. The first kappa shape index (κ1) is 10.8. The first-order chi connectivity index (χ1) is 7.35. The third-order valence-corrected chi connectivity index (χ3v) is 3.42. The SMILES string of the molecule is ClNCC1(Cc2nnn[nH]2)CCCCC1. The van der Waals surface area contributed by atoms with E-state index in [1.165, 1.54) is 32.1 Å². The van der Waals surface area contributed by atoms with Gasteiger partial charge in [0.25, 0.3) is 0 Å². The summed E-state index contributed by atoms with van der Waals surface area (Å²) in [5.41, 5.74) is 0.237. The van der Waals surface area contributed by atoms with Gasteiger partial charge in [0.05, 0.1) is 0 Å². The monoisotopic (exact) mass is 229 g/mol. The molecule has 0 amide bonds. The number of halogens is 1. The van der Waals surface area contributed by atoms with E-state index in [4.69, 9.17) is 11.8 Å². The topological polar surface area (TPSA) is 66.5 Å². The van der Waals surface area contributed by atoms with Gasteiger partial charge >= 0.3 is 0 Å². The van der Waals surface area contributed by atoms with E-state index in [1.807, 2.05) is 0 Å². The standard InChI is InChI=1S/C9H16ClN5/c10-11-7-9(4-2-1-3-5-9)6-8-12-14-15-13-8/h11H,1-7H2,(H,12,13,14,15). The van der Waals surface area contributed by atoms with Crippen LogP contribution in [0.4, 0.5) is 0 Å². The van der Waals surface area contributed by atoms with E-state index in [-0.39, 0.29) is 5.41 Å². The zero-order chi connectivity index (χ0) is 10.6. The van der Waals surface area contributed by atoms with Crippen LogP contribution in [0.15, 0.2) is 0 Å². The minimum atomic E-state index is 0.237. The van der Waals surface area contributed by atoms with Crippen LogP contribution in [0.5, 0.6) is 0 Å². The Labute approximate surface area is 94.1 Å². The van der Waals surface area contributed by atoms with Crippen LogP contribution in [0.3, 0.4) is 0 Å². The molecule has 0 radical (unpaired) electrons. The summed E-state index contributed by atoms with van der Waals surface area (Å²) in [5.74, 6) is 0.865. The van der Waals surface area contributed by atoms with Gasteiger partial charge in [-0.15, -0.1) is 5.10 Å². The van der Waals surface area contributed by atoms with Crippen molar-refractivity contribution in [3.8, 4) is 0 Å². The van der Waals surface area contributed by atoms with Gasteiger partial charge < -0.3 is 0 Å². The van der Waals surface area contributed by atoms with Crippen molar-refractivity contribution >= 4 is 11.8 Å². The molecule has 0 aliphatic heterocycles. The molecule has 1 aliphatic rings. The summed E-state index contributed by atoms with van der Waals surface area (Å²) in [7, 11) is 0. The molecule has 1 saturated carbocycles. The number of hydrogen-bond acceptors (Lipinski definition) is 4. The number of tetrazole rings is 1. The highest BCUT2D eigenvalue weighted by atomic mass is 35.5. The van der Waals surface area contributed by atoms with Crippen molar-refractivity contribution in [2.75, 3.05) is 6.54 Å². The van der Waals surface area contributed by atoms with Crippen molar-refractivity contribution < 1.29 is 0 Å². The van der Waals surface area contributed by atoms with E-state index < -0.39 is 0 Å². The molecule has 5 nitrogen and oxygen atoms in total. The second-order valence-corrected chi connectivity index (χ2v) is 4.66. The minimum absolute atomic E-state index is 0.237. The Morgan fingerprint density at radius 3 is 2.73 bits per heavy atom. The number of aromatic amines is 1. The van der Waals surface area contributed by atoms with Crippen molar-refractivity contribution in [2.24, 2.45) is 5.41 Å². The smallest absolute Gasteiger partial charge is 0.149 e. The van der Waals surface area contributed by atoms with Crippen LogP contribution in [0, 0.1) is 5.41 Å². The van der Waals surface area contributed by atoms with Crippen molar-refractivity contribution in [3.05, 3.63) is 5.82 Å². The highest BCUT2D eigenvalue weighted by Crippen LogP contribution is 2.38. The lowest BCUT2D eigenvalue weighted by Gasteiger charge is -2.36. The molecule has 1 aromatic rings. The first-order valence-electron chi connectivity index (χ1n) is 5.41. The fourth-order valence-corrected chi connectivity index (χ4v) is 2.75. The first-order valence-corrected chi connectivity index (χ1v) is 5.79. The Morgan fingerprint density at radius 1 is 1.33 bits per heavy atom. The Balaban J connectivity index is 2.04. The summed E-state index contributed by atoms with van der Waals surface area (Å²) in [4.78, 5) is 2.78. The van der Waals surface area contributed by atoms with Crippen molar-refractivity contribution in [1.82, 2.24) is 25.5 Å². The maximum atomic E-state index is 5.65. The molecule has 2 rings (SSSR count). The lowest BCUT2D eigenvalue weighted by Crippen LogP contribution is -2.35. The molecule has 15 heavy (non-hydrogen) atoms. The molecular weight excluding hydrogens is 214 g/mol. The molecule has 1 heterocycles. The van der Waals surface area contributed by atoms with Gasteiger partial charge in [-0.2, -0.15) is 0 Å². The minimum Gasteiger partial charge on any atom is -0.243 e. The Morgan fingerprint density at radius 2 is 2.13 bits per heavy atom. The van der Waals surface area contributed by atoms with Gasteiger partial charge in [-0.1, -0.05) is 19.3 Å². The average molecular weight is 230 g/mol. The predicted octanol–water partition coefficient (Wildman–Crippen LogP) is 1.44. The maximum absolute atomic E-state index is 5.65. The summed E-state index contributed by atoms with van der Waals surface area (Å²) in [6.07, 6.45) is 7.18. The highest BCUT2D eigenvalue weighted by Gasteiger charge is 2.32. The van der Waals surface area contributed by atoms with E-state index in [9.17, 15) is 0 Å². The summed E-state index contributed by atoms with van der Waals surface area (Å²) >= 11 is 5.65. The summed E-state index contributed by atoms with van der Waals surface area (Å²) in [5, 5.41) is 14.0. The zero-order valence-corrected chi connectivity index (χ0v) is 9.43. The fourth-order valence-electron chi connectivity index (χ4n) is 2.47. The lowest BCUT2D eigenvalue weighted by molar-refractivity contribution is 0.188. The number of rotatable bonds is 4. The van der Waals surface area contributed by atoms with Gasteiger partial charge in [-0.3, -0.25) is 0 Å². The molecule has 0 aromatic carbocycles. The van der Waals surface area contributed by atoms with Crippen LogP contribution < -0.4 is 4.84 Å². The zero-order valence-electron chi connectivity index (χ0n) is 8.67. The number of nitrogens with zero attached hydrogens (tertiary/aromatic N) is 3. The van der Waals surface area contributed by atoms with E-state index in [0.717, 1.165) is 18.8 Å². The average Bonchev–Trinajstić information content (AvgIpc) is 2.72.